The van der Waals surface area contributed by atoms with Gasteiger partial charge in [-0.2, -0.15) is 0 Å². The zero-order chi connectivity index (χ0) is 42.6. The number of aromatic nitrogens is 2. The summed E-state index contributed by atoms with van der Waals surface area (Å²) in [7, 11) is 0. The maximum Gasteiger partial charge on any atom is 0.217 e. The quantitative estimate of drug-likeness (QED) is 0.169. The van der Waals surface area contributed by atoms with Gasteiger partial charge in [0, 0.05) is 42.1 Å². The fraction of sp³-hybridized carbons (Fsp3) is 0.333. The van der Waals surface area contributed by atoms with Crippen LogP contribution >= 0.6 is 0 Å². The number of hydrogen-bond acceptors (Lipinski definition) is 3. The van der Waals surface area contributed by atoms with Crippen LogP contribution in [0.2, 0.25) is 0 Å². The Balaban J connectivity index is 1.32. The molecule has 0 saturated heterocycles. The molecule has 0 N–H and O–H groups in total. The summed E-state index contributed by atoms with van der Waals surface area (Å²) in [6.07, 6.45) is 0.652. The molecule has 0 fully saturated rings. The molecule has 2 aromatic heterocycles. The molecule has 5 aromatic carbocycles. The predicted molar refractivity (Wildman–Crippen MR) is 244 cm³/mol. The first kappa shape index (κ1) is 35.7. The van der Waals surface area contributed by atoms with E-state index in [4.69, 9.17) is 14.7 Å². The van der Waals surface area contributed by atoms with Crippen LogP contribution in [-0.2, 0) is 22.1 Å². The lowest BCUT2D eigenvalue weighted by molar-refractivity contribution is 0.0634. The molecule has 4 heteroatoms. The second-order valence-corrected chi connectivity index (χ2v) is 18.7. The minimum Gasteiger partial charge on any atom is -0.464 e. The number of rotatable bonds is 6. The van der Waals surface area contributed by atoms with Gasteiger partial charge in [0.05, 0.1) is 22.8 Å². The molecule has 0 radical (unpaired) electrons. The lowest BCUT2D eigenvalue weighted by Gasteiger charge is -2.37. The number of nitrogens with zero attached hydrogens (tertiary/aromatic N) is 3. The number of hydrogen-bond donors (Lipinski definition) is 0. The van der Waals surface area contributed by atoms with Crippen LogP contribution in [-0.4, -0.2) is 21.5 Å². The highest BCUT2D eigenvalue weighted by Crippen LogP contribution is 2.47. The van der Waals surface area contributed by atoms with Gasteiger partial charge in [0.1, 0.15) is 0 Å². The molecule has 294 valence electrons. The van der Waals surface area contributed by atoms with Gasteiger partial charge in [-0.05, 0) is 145 Å². The molecule has 0 saturated carbocycles. The van der Waals surface area contributed by atoms with Crippen molar-refractivity contribution >= 4 is 27.7 Å². The maximum absolute atomic E-state index is 9.25. The van der Waals surface area contributed by atoms with Crippen molar-refractivity contribution in [2.45, 2.75) is 118 Å². The molecule has 7 aromatic rings. The van der Waals surface area contributed by atoms with Crippen molar-refractivity contribution < 1.29 is 7.48 Å². The van der Waals surface area contributed by atoms with Gasteiger partial charge >= 0.3 is 0 Å². The Kier molecular flexibility index (Phi) is 8.50. The van der Waals surface area contributed by atoms with Crippen LogP contribution in [0.3, 0.4) is 0 Å². The van der Waals surface area contributed by atoms with Crippen molar-refractivity contribution in [1.82, 2.24) is 9.55 Å². The van der Waals surface area contributed by atoms with Gasteiger partial charge in [-0.25, -0.2) is 4.99 Å². The van der Waals surface area contributed by atoms with E-state index in [1.807, 2.05) is 13.1 Å². The van der Waals surface area contributed by atoms with Crippen LogP contribution in [0.5, 0.6) is 0 Å². The molecule has 1 aliphatic carbocycles. The zero-order valence-electron chi connectivity index (χ0n) is 38.0. The summed E-state index contributed by atoms with van der Waals surface area (Å²) in [6.45, 7) is 24.2. The second-order valence-electron chi connectivity index (χ2n) is 18.7. The normalized spacial score (nSPS) is 19.3. The molecule has 0 amide bonds. The summed E-state index contributed by atoms with van der Waals surface area (Å²) in [5.74, 6) is 1.16. The third kappa shape index (κ3) is 6.27. The monoisotopic (exact) mass is 765 g/mol. The average molecular weight is 766 g/mol. The number of benzene rings is 5. The first-order chi connectivity index (χ1) is 28.3. The number of pyridine rings is 1. The highest BCUT2D eigenvalue weighted by Gasteiger charge is 2.48. The van der Waals surface area contributed by atoms with Crippen molar-refractivity contribution in [1.29, 1.82) is 0 Å². The van der Waals surface area contributed by atoms with Crippen LogP contribution in [0.1, 0.15) is 126 Å². The zero-order valence-corrected chi connectivity index (χ0v) is 36.0. The third-order valence-electron chi connectivity index (χ3n) is 12.6. The Morgan fingerprint density at radius 3 is 2.22 bits per heavy atom. The summed E-state index contributed by atoms with van der Waals surface area (Å²) in [5, 5.41) is 2.38. The average Bonchev–Trinajstić information content (AvgIpc) is 3.70. The van der Waals surface area contributed by atoms with E-state index in [-0.39, 0.29) is 17.9 Å². The van der Waals surface area contributed by atoms with E-state index in [9.17, 15) is 2.74 Å². The third-order valence-corrected chi connectivity index (χ3v) is 12.6. The maximum atomic E-state index is 9.25. The Morgan fingerprint density at radius 1 is 0.759 bits per heavy atom. The molecule has 9 rings (SSSR count). The minimum absolute atomic E-state index is 0.00561. The highest BCUT2D eigenvalue weighted by atomic mass is 16.5. The van der Waals surface area contributed by atoms with E-state index in [0.29, 0.717) is 17.7 Å². The summed E-state index contributed by atoms with van der Waals surface area (Å²) < 4.78 is 28.1. The molecule has 3 heterocycles. The van der Waals surface area contributed by atoms with Crippen LogP contribution in [0.15, 0.2) is 108 Å². The van der Waals surface area contributed by atoms with E-state index in [2.05, 4.69) is 171 Å². The van der Waals surface area contributed by atoms with Crippen molar-refractivity contribution in [2.75, 3.05) is 0 Å². The van der Waals surface area contributed by atoms with Gasteiger partial charge in [-0.1, -0.05) is 108 Å². The Labute approximate surface area is 347 Å². The van der Waals surface area contributed by atoms with Gasteiger partial charge in [-0.15, -0.1) is 0 Å². The lowest BCUT2D eigenvalue weighted by atomic mass is 9.75. The molecule has 0 unspecified atom stereocenters. The fourth-order valence-corrected chi connectivity index (χ4v) is 9.48. The molecule has 2 atom stereocenters. The number of aryl methyl sites for hydroxylation is 3. The van der Waals surface area contributed by atoms with Gasteiger partial charge in [-0.3, -0.25) is 4.98 Å². The van der Waals surface area contributed by atoms with Crippen LogP contribution in [0.25, 0.3) is 49.9 Å². The molecule has 58 heavy (non-hydrogen) atoms. The Morgan fingerprint density at radius 2 is 1.50 bits per heavy atom. The topological polar surface area (TPSA) is 39.4 Å². The largest absolute Gasteiger partial charge is 0.464 e. The standard InChI is InChI=1S/C54H57N3O/c1-31(2)41-13-12-14-42(32(3)4)51(41)37-26-38(52-56-50-20-18-43-35(7)23-34(6)25-46(43)54(50,11)58-52)28-40(27-37)57-48-19-15-33(5)24-45(48)44-17-16-36(29-49(44)57)47-30-39(21-22-55-47)53(8,9)10/h12-17,19,21-32,50H,18,20H2,1-11H3/t50-,54+/m1/s1/i18D2. The van der Waals surface area contributed by atoms with Gasteiger partial charge in [0.2, 0.25) is 5.90 Å². The molecule has 2 aliphatic rings. The van der Waals surface area contributed by atoms with Crippen LogP contribution in [0.4, 0.5) is 0 Å². The van der Waals surface area contributed by atoms with Gasteiger partial charge < -0.3 is 9.30 Å². The fourth-order valence-electron chi connectivity index (χ4n) is 9.48. The van der Waals surface area contributed by atoms with E-state index in [1.165, 1.54) is 38.6 Å². The summed E-state index contributed by atoms with van der Waals surface area (Å²) >= 11 is 0. The second kappa shape index (κ2) is 13.8. The lowest BCUT2D eigenvalue weighted by Crippen LogP contribution is -2.39. The van der Waals surface area contributed by atoms with Gasteiger partial charge in [0.15, 0.2) is 5.60 Å². The van der Waals surface area contributed by atoms with Crippen molar-refractivity contribution in [3.05, 3.63) is 153 Å². The van der Waals surface area contributed by atoms with E-state index in [1.54, 1.807) is 0 Å². The Hall–Kier alpha value is -5.48. The molecule has 0 bridgehead atoms. The smallest absolute Gasteiger partial charge is 0.217 e. The Bertz CT molecular complexity index is 2880. The summed E-state index contributed by atoms with van der Waals surface area (Å²) in [4.78, 5) is 10.2. The van der Waals surface area contributed by atoms with Crippen LogP contribution in [0, 0.1) is 20.8 Å². The van der Waals surface area contributed by atoms with Crippen LogP contribution < -0.4 is 0 Å². The highest BCUT2D eigenvalue weighted by molar-refractivity contribution is 6.11. The predicted octanol–water partition coefficient (Wildman–Crippen LogP) is 14.0. The molecule has 1 aliphatic heterocycles. The molecule has 4 nitrogen and oxygen atoms in total. The first-order valence-electron chi connectivity index (χ1n) is 22.0. The molecular formula is C54H57N3O. The van der Waals surface area contributed by atoms with Crippen molar-refractivity contribution in [3.8, 4) is 28.1 Å². The summed E-state index contributed by atoms with van der Waals surface area (Å²) in [5.41, 5.74) is 16.5. The first-order valence-corrected chi connectivity index (χ1v) is 21.0. The number of fused-ring (bicyclic) bond motifs is 6. The molecular weight excluding hydrogens is 707 g/mol. The van der Waals surface area contributed by atoms with E-state index < -0.39 is 12.0 Å². The molecule has 0 spiro atoms. The SMILES string of the molecule is [2H]C1([2H])C[C@H]2N=C(c3cc(-c4c(C(C)C)cccc4C(C)C)cc(-n4c5ccc(C)cc5c5ccc(-c6cc(C(C)(C)C)ccn6)cc54)c3)O[C@@]2(C)c2cc(C)cc(C)c21. The van der Waals surface area contributed by atoms with E-state index in [0.717, 1.165) is 61.4 Å². The van der Waals surface area contributed by atoms with E-state index >= 15 is 0 Å². The number of ether oxygens (including phenoxy) is 1. The van der Waals surface area contributed by atoms with Crippen molar-refractivity contribution in [3.63, 3.8) is 0 Å². The van der Waals surface area contributed by atoms with Gasteiger partial charge in [0.25, 0.3) is 0 Å². The van der Waals surface area contributed by atoms with Crippen molar-refractivity contribution in [2.24, 2.45) is 4.99 Å². The summed E-state index contributed by atoms with van der Waals surface area (Å²) in [6, 6.07) is 35.3. The number of aliphatic imine (C=N–C) groups is 1. The minimum atomic E-state index is -1.53.